The fourth-order valence-electron chi connectivity index (χ4n) is 0.318. The Balaban J connectivity index is 3.03. The Morgan fingerprint density at radius 3 is 2.89 bits per heavy atom. The van der Waals surface area contributed by atoms with Gasteiger partial charge in [0.15, 0.2) is 0 Å². The van der Waals surface area contributed by atoms with Crippen LogP contribution in [-0.2, 0) is 0 Å². The first-order chi connectivity index (χ1) is 4.36. The fraction of sp³-hybridized carbons (Fsp3) is 0. The van der Waals surface area contributed by atoms with E-state index in [9.17, 15) is 0 Å². The molecule has 0 unspecified atom stereocenters. The molecule has 9 heavy (non-hydrogen) atoms. The van der Waals surface area contributed by atoms with Crippen LogP contribution in [0.5, 0.6) is 0 Å². The number of hydrogen-bond donors (Lipinski definition) is 0. The molecule has 0 aromatic carbocycles. The van der Waals surface area contributed by atoms with Crippen molar-refractivity contribution in [1.29, 1.82) is 0 Å². The third-order valence-corrected chi connectivity index (χ3v) is 0.640. The quantitative estimate of drug-likeness (QED) is 0.411. The summed E-state index contributed by atoms with van der Waals surface area (Å²) < 4.78 is 4.40. The molecular formula is C4H2N4O. The van der Waals surface area contributed by atoms with Crippen LogP contribution in [0.2, 0.25) is 0 Å². The number of rotatable bonds is 1. The summed E-state index contributed by atoms with van der Waals surface area (Å²) in [4.78, 5) is 9.68. The molecule has 5 nitrogen and oxygen atoms in total. The maximum Gasteiger partial charge on any atom is 0.421 e. The third-order valence-electron chi connectivity index (χ3n) is 0.640. The van der Waals surface area contributed by atoms with E-state index < -0.39 is 0 Å². The zero-order valence-corrected chi connectivity index (χ0v) is 4.40. The van der Waals surface area contributed by atoms with Crippen molar-refractivity contribution in [2.45, 2.75) is 0 Å². The predicted molar refractivity (Wildman–Crippen MR) is 29.8 cm³/mol. The Morgan fingerprint density at radius 2 is 2.56 bits per heavy atom. The average molecular weight is 122 g/mol. The number of aliphatic imine (C=N–C) groups is 1. The van der Waals surface area contributed by atoms with E-state index in [0.29, 0.717) is 0 Å². The van der Waals surface area contributed by atoms with Crippen molar-refractivity contribution in [3.8, 4) is 0 Å². The van der Waals surface area contributed by atoms with Gasteiger partial charge in [0, 0.05) is 5.16 Å². The molecule has 0 amide bonds. The lowest BCUT2D eigenvalue weighted by atomic mass is 11.0. The van der Waals surface area contributed by atoms with E-state index in [2.05, 4.69) is 31.2 Å². The van der Waals surface area contributed by atoms with Crippen molar-refractivity contribution < 1.29 is 4.52 Å². The van der Waals surface area contributed by atoms with Gasteiger partial charge in [0.05, 0.1) is 0 Å². The molecule has 0 radical (unpaired) electrons. The van der Waals surface area contributed by atoms with Crippen LogP contribution in [0, 0.1) is 6.57 Å². The van der Waals surface area contributed by atoms with Crippen molar-refractivity contribution >= 4 is 18.7 Å². The molecule has 0 aliphatic rings. The van der Waals surface area contributed by atoms with Crippen LogP contribution < -0.4 is 0 Å². The maximum absolute atomic E-state index is 6.41. The molecule has 1 heterocycles. The molecule has 5 heteroatoms. The average Bonchev–Trinajstić information content (AvgIpc) is 2.34. The van der Waals surface area contributed by atoms with Crippen molar-refractivity contribution in [2.75, 3.05) is 0 Å². The van der Waals surface area contributed by atoms with Crippen molar-refractivity contribution in [3.05, 3.63) is 11.4 Å². The second kappa shape index (κ2) is 2.05. The molecule has 1 aromatic heterocycles. The molecule has 0 saturated carbocycles. The monoisotopic (exact) mass is 122 g/mol. The molecule has 1 rings (SSSR count). The lowest BCUT2D eigenvalue weighted by Gasteiger charge is -1.64. The molecule has 1 aromatic rings. The largest absolute Gasteiger partial charge is 0.421 e. The van der Waals surface area contributed by atoms with Gasteiger partial charge in [-0.1, -0.05) is 4.98 Å². The van der Waals surface area contributed by atoms with E-state index >= 15 is 0 Å². The molecule has 44 valence electrons. The zero-order chi connectivity index (χ0) is 6.69. The maximum atomic E-state index is 6.41. The molecular weight excluding hydrogens is 120 g/mol. The van der Waals surface area contributed by atoms with Crippen LogP contribution in [0.15, 0.2) is 9.52 Å². The highest BCUT2D eigenvalue weighted by Gasteiger charge is 2.03. The minimum Gasteiger partial charge on any atom is -0.391 e. The van der Waals surface area contributed by atoms with E-state index in [4.69, 9.17) is 6.57 Å². The van der Waals surface area contributed by atoms with Gasteiger partial charge in [-0.3, -0.25) is 0 Å². The summed E-state index contributed by atoms with van der Waals surface area (Å²) in [6, 6.07) is 0.0287. The van der Waals surface area contributed by atoms with Crippen molar-refractivity contribution in [1.82, 2.24) is 10.1 Å². The van der Waals surface area contributed by atoms with E-state index in [1.54, 1.807) is 0 Å². The highest BCUT2D eigenvalue weighted by Crippen LogP contribution is 2.11. The Hall–Kier alpha value is -1.70. The van der Waals surface area contributed by atoms with Gasteiger partial charge >= 0.3 is 12.0 Å². The summed E-state index contributed by atoms with van der Waals surface area (Å²) in [5.74, 6) is -0.0441. The summed E-state index contributed by atoms with van der Waals surface area (Å²) in [6.45, 7) is 9.54. The molecule has 0 saturated heterocycles. The van der Waals surface area contributed by atoms with Gasteiger partial charge < -0.3 is 4.85 Å². The summed E-state index contributed by atoms with van der Waals surface area (Å²) in [5.41, 5.74) is 0. The number of nitrogens with zero attached hydrogens (tertiary/aromatic N) is 4. The molecule has 0 bridgehead atoms. The van der Waals surface area contributed by atoms with Crippen LogP contribution in [-0.4, -0.2) is 16.9 Å². The van der Waals surface area contributed by atoms with Crippen LogP contribution in [0.25, 0.3) is 4.85 Å². The molecule has 0 aliphatic carbocycles. The van der Waals surface area contributed by atoms with E-state index in [0.717, 1.165) is 0 Å². The normalized spacial score (nSPS) is 8.33. The Kier molecular flexibility index (Phi) is 1.24. The standard InChI is InChI=1S/C4H2N4O/c1-5-3-7-4(6-2)9-8-3/h2H2. The Morgan fingerprint density at radius 1 is 1.78 bits per heavy atom. The smallest absolute Gasteiger partial charge is 0.391 e. The minimum atomic E-state index is -0.0441. The van der Waals surface area contributed by atoms with Gasteiger partial charge in [-0.2, -0.15) is 4.99 Å². The Bertz CT molecular complexity index is 258. The predicted octanol–water partition coefficient (Wildman–Crippen LogP) is 0.952. The first-order valence-corrected chi connectivity index (χ1v) is 2.04. The van der Waals surface area contributed by atoms with E-state index in [-0.39, 0.29) is 12.0 Å². The van der Waals surface area contributed by atoms with Gasteiger partial charge in [0.2, 0.25) is 0 Å². The van der Waals surface area contributed by atoms with Crippen LogP contribution in [0.1, 0.15) is 0 Å². The summed E-state index contributed by atoms with van der Waals surface area (Å²) in [7, 11) is 0. The van der Waals surface area contributed by atoms with E-state index in [1.165, 1.54) is 0 Å². The third kappa shape index (κ3) is 0.912. The highest BCUT2D eigenvalue weighted by molar-refractivity contribution is 5.35. The second-order valence-electron chi connectivity index (χ2n) is 1.15. The van der Waals surface area contributed by atoms with Crippen LogP contribution in [0.3, 0.4) is 0 Å². The minimum absolute atomic E-state index is 0.0287. The molecule has 0 spiro atoms. The van der Waals surface area contributed by atoms with Gasteiger partial charge in [-0.15, -0.1) is 6.57 Å². The lowest BCUT2D eigenvalue weighted by Crippen LogP contribution is -1.57. The number of aromatic nitrogens is 2. The fourth-order valence-corrected chi connectivity index (χ4v) is 0.318. The molecule has 0 N–H and O–H groups in total. The lowest BCUT2D eigenvalue weighted by molar-refractivity contribution is 0.432. The zero-order valence-electron chi connectivity index (χ0n) is 4.40. The van der Waals surface area contributed by atoms with Gasteiger partial charge in [0.25, 0.3) is 0 Å². The first kappa shape index (κ1) is 5.44. The summed E-state index contributed by atoms with van der Waals surface area (Å²) in [6.07, 6.45) is 0. The van der Waals surface area contributed by atoms with Gasteiger partial charge in [-0.05, 0) is 6.72 Å². The van der Waals surface area contributed by atoms with Crippen molar-refractivity contribution in [2.24, 2.45) is 4.99 Å². The number of hydrogen-bond acceptors (Lipinski definition) is 4. The summed E-state index contributed by atoms with van der Waals surface area (Å²) >= 11 is 0. The van der Waals surface area contributed by atoms with Gasteiger partial charge in [-0.25, -0.2) is 4.52 Å². The Labute approximate surface area is 50.8 Å². The topological polar surface area (TPSA) is 55.6 Å². The van der Waals surface area contributed by atoms with Crippen LogP contribution >= 0.6 is 0 Å². The molecule has 0 atom stereocenters. The summed E-state index contributed by atoms with van der Waals surface area (Å²) in [5, 5.41) is 3.23. The van der Waals surface area contributed by atoms with Gasteiger partial charge in [0.1, 0.15) is 0 Å². The highest BCUT2D eigenvalue weighted by atomic mass is 16.5. The second-order valence-corrected chi connectivity index (χ2v) is 1.15. The molecule has 0 fully saturated rings. The van der Waals surface area contributed by atoms with E-state index in [1.807, 2.05) is 0 Å². The van der Waals surface area contributed by atoms with Crippen LogP contribution in [0.4, 0.5) is 12.0 Å². The SMILES string of the molecule is [C-]#[N+]c1noc(N=C)n1. The molecule has 0 aliphatic heterocycles. The van der Waals surface area contributed by atoms with Crippen molar-refractivity contribution in [3.63, 3.8) is 0 Å². The first-order valence-electron chi connectivity index (χ1n) is 2.04.